The maximum atomic E-state index is 13.1. The van der Waals surface area contributed by atoms with E-state index in [0.717, 1.165) is 30.2 Å². The molecule has 0 aliphatic heterocycles. The van der Waals surface area contributed by atoms with Gasteiger partial charge >= 0.3 is 6.18 Å². The van der Waals surface area contributed by atoms with E-state index in [4.69, 9.17) is 19.4 Å². The minimum absolute atomic E-state index is 0.145. The van der Waals surface area contributed by atoms with Gasteiger partial charge in [0.1, 0.15) is 18.5 Å². The first kappa shape index (κ1) is 24.7. The quantitative estimate of drug-likeness (QED) is 0.272. The molecule has 1 aliphatic rings. The van der Waals surface area contributed by atoms with Crippen molar-refractivity contribution in [1.29, 1.82) is 0 Å². The number of alkyl halides is 3. The molecule has 0 atom stereocenters. The molecule has 5 aromatic rings. The molecule has 9 nitrogen and oxygen atoms in total. The number of ether oxygens (including phenoxy) is 2. The lowest BCUT2D eigenvalue weighted by Gasteiger charge is -2.13. The van der Waals surface area contributed by atoms with Crippen molar-refractivity contribution < 1.29 is 22.6 Å². The summed E-state index contributed by atoms with van der Waals surface area (Å²) in [5.41, 5.74) is 3.29. The van der Waals surface area contributed by atoms with Gasteiger partial charge in [0, 0.05) is 17.8 Å². The molecule has 1 fully saturated rings. The number of nitrogens with zero attached hydrogens (tertiary/aromatic N) is 7. The van der Waals surface area contributed by atoms with Gasteiger partial charge in [0.05, 0.1) is 24.0 Å². The van der Waals surface area contributed by atoms with E-state index in [0.29, 0.717) is 45.6 Å². The first-order valence-corrected chi connectivity index (χ1v) is 12.2. The highest BCUT2D eigenvalue weighted by atomic mass is 19.4. The van der Waals surface area contributed by atoms with Crippen LogP contribution in [-0.2, 0) is 12.8 Å². The first-order chi connectivity index (χ1) is 18.8. The summed E-state index contributed by atoms with van der Waals surface area (Å²) in [5.74, 6) is 1.36. The second kappa shape index (κ2) is 9.61. The molecule has 0 radical (unpaired) electrons. The third kappa shape index (κ3) is 4.85. The number of halogens is 3. The first-order valence-electron chi connectivity index (χ1n) is 12.2. The van der Waals surface area contributed by atoms with Crippen LogP contribution in [-0.4, -0.2) is 41.8 Å². The zero-order valence-corrected chi connectivity index (χ0v) is 21.0. The Hall–Kier alpha value is -4.61. The highest BCUT2D eigenvalue weighted by Gasteiger charge is 2.34. The van der Waals surface area contributed by atoms with Crippen LogP contribution in [0, 0.1) is 6.92 Å². The lowest BCUT2D eigenvalue weighted by atomic mass is 10.1. The van der Waals surface area contributed by atoms with Gasteiger partial charge in [-0.05, 0) is 55.7 Å². The van der Waals surface area contributed by atoms with Gasteiger partial charge in [-0.1, -0.05) is 12.1 Å². The third-order valence-corrected chi connectivity index (χ3v) is 6.38. The Labute approximate surface area is 220 Å². The van der Waals surface area contributed by atoms with Crippen molar-refractivity contribution in [2.75, 3.05) is 7.11 Å². The Bertz CT molecular complexity index is 1670. The molecular weight excluding hydrogens is 511 g/mol. The van der Waals surface area contributed by atoms with Crippen molar-refractivity contribution in [1.82, 2.24) is 34.7 Å². The number of pyridine rings is 1. The molecular formula is C27H22F3N7O2. The summed E-state index contributed by atoms with van der Waals surface area (Å²) in [7, 11) is 1.54. The maximum absolute atomic E-state index is 13.1. The molecule has 0 N–H and O–H groups in total. The number of rotatable bonds is 7. The van der Waals surface area contributed by atoms with Gasteiger partial charge in [0.2, 0.25) is 11.8 Å². The average molecular weight is 534 g/mol. The lowest BCUT2D eigenvalue weighted by molar-refractivity contribution is -0.141. The van der Waals surface area contributed by atoms with Crippen LogP contribution in [0.3, 0.4) is 0 Å². The van der Waals surface area contributed by atoms with Gasteiger partial charge in [-0.2, -0.15) is 23.3 Å². The molecule has 198 valence electrons. The molecule has 1 aliphatic carbocycles. The average Bonchev–Trinajstić information content (AvgIpc) is 3.71. The smallest absolute Gasteiger partial charge is 0.435 e. The molecule has 1 saturated carbocycles. The number of methoxy groups -OCH3 is 1. The SMILES string of the molecule is COc1ncnc(C2CC2)c1-c1nc(OCc2ccc(-n3nc(C(F)(F)F)cc3C)cc2)c2ncccc2n1. The molecule has 6 rings (SSSR count). The van der Waals surface area contributed by atoms with E-state index in [-0.39, 0.29) is 12.5 Å². The van der Waals surface area contributed by atoms with Crippen molar-refractivity contribution in [3.63, 3.8) is 0 Å². The van der Waals surface area contributed by atoms with Crippen molar-refractivity contribution in [3.8, 4) is 28.8 Å². The number of hydrogen-bond acceptors (Lipinski definition) is 8. The molecule has 12 heteroatoms. The summed E-state index contributed by atoms with van der Waals surface area (Å²) in [4.78, 5) is 22.6. The lowest BCUT2D eigenvalue weighted by Crippen LogP contribution is -2.07. The highest BCUT2D eigenvalue weighted by Crippen LogP contribution is 2.45. The van der Waals surface area contributed by atoms with Crippen LogP contribution in [0.4, 0.5) is 13.2 Å². The minimum atomic E-state index is -4.51. The van der Waals surface area contributed by atoms with Gasteiger partial charge in [-0.15, -0.1) is 0 Å². The van der Waals surface area contributed by atoms with Crippen LogP contribution in [0.25, 0.3) is 28.1 Å². The van der Waals surface area contributed by atoms with E-state index in [9.17, 15) is 13.2 Å². The largest absolute Gasteiger partial charge is 0.480 e. The van der Waals surface area contributed by atoms with E-state index in [1.54, 1.807) is 50.6 Å². The Morgan fingerprint density at radius 3 is 2.49 bits per heavy atom. The van der Waals surface area contributed by atoms with Crippen molar-refractivity contribution >= 4 is 11.0 Å². The number of benzene rings is 1. The van der Waals surface area contributed by atoms with E-state index >= 15 is 0 Å². The van der Waals surface area contributed by atoms with Crippen LogP contribution in [0.1, 0.15) is 41.4 Å². The second-order valence-electron chi connectivity index (χ2n) is 9.18. The van der Waals surface area contributed by atoms with Crippen LogP contribution >= 0.6 is 0 Å². The maximum Gasteiger partial charge on any atom is 0.435 e. The molecule has 1 aromatic carbocycles. The minimum Gasteiger partial charge on any atom is -0.480 e. The molecule has 4 aromatic heterocycles. The van der Waals surface area contributed by atoms with Gasteiger partial charge in [-0.3, -0.25) is 0 Å². The zero-order chi connectivity index (χ0) is 27.1. The Kier molecular flexibility index (Phi) is 6.09. The standard InChI is InChI=1S/C27H22F3N7O2/c1-15-12-20(27(28,29)30)36-37(15)18-9-5-16(6-10-18)13-39-26-23-19(4-3-11-31-23)34-24(35-26)21-22(17-7-8-17)32-14-33-25(21)38-2/h3-6,9-12,14,17H,7-8,13H2,1-2H3. The number of aromatic nitrogens is 7. The van der Waals surface area contributed by atoms with E-state index in [2.05, 4.69) is 20.1 Å². The topological polar surface area (TPSA) is 101 Å². The Balaban J connectivity index is 1.30. The predicted molar refractivity (Wildman–Crippen MR) is 135 cm³/mol. The van der Waals surface area contributed by atoms with Crippen LogP contribution in [0.2, 0.25) is 0 Å². The molecule has 39 heavy (non-hydrogen) atoms. The zero-order valence-electron chi connectivity index (χ0n) is 21.0. The highest BCUT2D eigenvalue weighted by molar-refractivity contribution is 5.82. The predicted octanol–water partition coefficient (Wildman–Crippen LogP) is 5.46. The number of hydrogen-bond donors (Lipinski definition) is 0. The van der Waals surface area contributed by atoms with Crippen LogP contribution < -0.4 is 9.47 Å². The van der Waals surface area contributed by atoms with Gasteiger partial charge in [0.15, 0.2) is 17.0 Å². The normalized spacial score (nSPS) is 13.6. The van der Waals surface area contributed by atoms with Gasteiger partial charge in [0.25, 0.3) is 0 Å². The Morgan fingerprint density at radius 2 is 1.79 bits per heavy atom. The molecule has 0 amide bonds. The van der Waals surface area contributed by atoms with Crippen molar-refractivity contribution in [2.45, 2.75) is 38.5 Å². The van der Waals surface area contributed by atoms with Gasteiger partial charge < -0.3 is 9.47 Å². The number of aryl methyl sites for hydroxylation is 1. The molecule has 0 bridgehead atoms. The summed E-state index contributed by atoms with van der Waals surface area (Å²) in [6.07, 6.45) is 0.658. The summed E-state index contributed by atoms with van der Waals surface area (Å²) in [6, 6.07) is 11.5. The monoisotopic (exact) mass is 533 g/mol. The summed E-state index contributed by atoms with van der Waals surface area (Å²) in [5, 5.41) is 3.70. The van der Waals surface area contributed by atoms with E-state index in [1.807, 2.05) is 6.07 Å². The van der Waals surface area contributed by atoms with Crippen LogP contribution in [0.15, 0.2) is 55.0 Å². The summed E-state index contributed by atoms with van der Waals surface area (Å²) >= 11 is 0. The van der Waals surface area contributed by atoms with E-state index in [1.165, 1.54) is 11.0 Å². The van der Waals surface area contributed by atoms with Crippen molar-refractivity contribution in [2.24, 2.45) is 0 Å². The molecule has 0 saturated heterocycles. The molecule has 0 unspecified atom stereocenters. The summed E-state index contributed by atoms with van der Waals surface area (Å²) in [6.45, 7) is 1.72. The number of fused-ring (bicyclic) bond motifs is 1. The van der Waals surface area contributed by atoms with E-state index < -0.39 is 11.9 Å². The molecule has 0 spiro atoms. The third-order valence-electron chi connectivity index (χ3n) is 6.38. The fourth-order valence-electron chi connectivity index (χ4n) is 4.33. The fourth-order valence-corrected chi connectivity index (χ4v) is 4.33. The fraction of sp³-hybridized carbons (Fsp3) is 0.259. The van der Waals surface area contributed by atoms with Gasteiger partial charge in [-0.25, -0.2) is 24.6 Å². The second-order valence-corrected chi connectivity index (χ2v) is 9.18. The Morgan fingerprint density at radius 1 is 1.00 bits per heavy atom. The van der Waals surface area contributed by atoms with Crippen molar-refractivity contribution in [3.05, 3.63) is 77.6 Å². The molecule has 4 heterocycles. The summed E-state index contributed by atoms with van der Waals surface area (Å²) < 4.78 is 52.1. The van der Waals surface area contributed by atoms with Crippen LogP contribution in [0.5, 0.6) is 11.8 Å².